The smallest absolute Gasteiger partial charge is 0.343 e. The van der Waals surface area contributed by atoms with Crippen LogP contribution in [0.3, 0.4) is 0 Å². The van der Waals surface area contributed by atoms with Gasteiger partial charge in [0.25, 0.3) is 0 Å². The zero-order chi connectivity index (χ0) is 24.5. The summed E-state index contributed by atoms with van der Waals surface area (Å²) >= 11 is 0. The molecule has 34 heavy (non-hydrogen) atoms. The number of benzene rings is 3. The number of carbonyl (C=O) groups excluding carboxylic acids is 2. The molecule has 0 aliphatic heterocycles. The molecule has 4 nitrogen and oxygen atoms in total. The first-order chi connectivity index (χ1) is 16.1. The second-order valence-corrected chi connectivity index (χ2v) is 10.5. The third-order valence-electron chi connectivity index (χ3n) is 6.93. The monoisotopic (exact) mass is 456 g/mol. The van der Waals surface area contributed by atoms with Gasteiger partial charge in [0.05, 0.1) is 11.1 Å². The van der Waals surface area contributed by atoms with Gasteiger partial charge in [-0.3, -0.25) is 0 Å². The van der Waals surface area contributed by atoms with Gasteiger partial charge in [0, 0.05) is 0 Å². The number of hydrogen-bond donors (Lipinski definition) is 0. The first kappa shape index (κ1) is 23.7. The fraction of sp³-hybridized carbons (Fsp3) is 0.333. The lowest BCUT2D eigenvalue weighted by molar-refractivity contribution is 0.0472. The lowest BCUT2D eigenvalue weighted by atomic mass is 9.62. The molecular formula is C30H32O4. The molecule has 3 aromatic rings. The Hall–Kier alpha value is -3.40. The summed E-state index contributed by atoms with van der Waals surface area (Å²) in [6.07, 6.45) is 2.20. The molecule has 1 aliphatic rings. The molecule has 0 heterocycles. The maximum atomic E-state index is 13.1. The number of rotatable bonds is 5. The Morgan fingerprint density at radius 3 is 2.00 bits per heavy atom. The van der Waals surface area contributed by atoms with Crippen molar-refractivity contribution in [2.75, 3.05) is 0 Å². The Morgan fingerprint density at radius 2 is 1.38 bits per heavy atom. The normalized spacial score (nSPS) is 15.8. The van der Waals surface area contributed by atoms with Gasteiger partial charge in [-0.1, -0.05) is 64.1 Å². The fourth-order valence-corrected chi connectivity index (χ4v) is 4.57. The molecule has 0 amide bonds. The molecule has 0 spiro atoms. The van der Waals surface area contributed by atoms with E-state index in [0.717, 1.165) is 24.0 Å². The first-order valence-corrected chi connectivity index (χ1v) is 11.8. The third kappa shape index (κ3) is 4.91. The van der Waals surface area contributed by atoms with Crippen molar-refractivity contribution in [1.29, 1.82) is 0 Å². The van der Waals surface area contributed by atoms with Crippen molar-refractivity contribution in [3.05, 3.63) is 100 Å². The summed E-state index contributed by atoms with van der Waals surface area (Å²) in [5.74, 6) is -0.419. The van der Waals surface area contributed by atoms with Gasteiger partial charge in [0.2, 0.25) is 0 Å². The topological polar surface area (TPSA) is 52.6 Å². The number of aryl methyl sites for hydroxylation is 1. The van der Waals surface area contributed by atoms with Crippen LogP contribution in [0.15, 0.2) is 66.7 Å². The van der Waals surface area contributed by atoms with Gasteiger partial charge in [-0.2, -0.15) is 0 Å². The van der Waals surface area contributed by atoms with E-state index in [0.29, 0.717) is 16.9 Å². The van der Waals surface area contributed by atoms with E-state index in [1.54, 1.807) is 24.3 Å². The van der Waals surface area contributed by atoms with Crippen LogP contribution in [0, 0.1) is 6.92 Å². The standard InChI is InChI=1S/C30H32O4/c1-20-17-25-26(30(4,5)16-15-29(25,2)3)18-24(20)28(32)34-23-13-11-22(12-14-23)27(31)33-19-21-9-7-6-8-10-21/h6-14,17-18H,15-16,19H2,1-5H3. The van der Waals surface area contributed by atoms with Gasteiger partial charge < -0.3 is 9.47 Å². The number of hydrogen-bond acceptors (Lipinski definition) is 4. The van der Waals surface area contributed by atoms with Crippen molar-refractivity contribution in [3.8, 4) is 5.75 Å². The van der Waals surface area contributed by atoms with Gasteiger partial charge >= 0.3 is 11.9 Å². The van der Waals surface area contributed by atoms with Crippen molar-refractivity contribution in [3.63, 3.8) is 0 Å². The van der Waals surface area contributed by atoms with Crippen LogP contribution in [-0.4, -0.2) is 11.9 Å². The van der Waals surface area contributed by atoms with E-state index in [2.05, 4.69) is 33.8 Å². The summed E-state index contributed by atoms with van der Waals surface area (Å²) < 4.78 is 11.0. The quantitative estimate of drug-likeness (QED) is 0.309. The Bertz CT molecular complexity index is 1200. The molecule has 0 unspecified atom stereocenters. The first-order valence-electron chi connectivity index (χ1n) is 11.8. The highest BCUT2D eigenvalue weighted by atomic mass is 16.5. The van der Waals surface area contributed by atoms with E-state index in [1.165, 1.54) is 11.1 Å². The minimum atomic E-state index is -0.419. The highest BCUT2D eigenvalue weighted by molar-refractivity contribution is 5.93. The summed E-state index contributed by atoms with van der Waals surface area (Å²) in [6, 6.07) is 20.2. The minimum Gasteiger partial charge on any atom is -0.457 e. The lowest BCUT2D eigenvalue weighted by Crippen LogP contribution is -2.34. The maximum absolute atomic E-state index is 13.1. The third-order valence-corrected chi connectivity index (χ3v) is 6.93. The zero-order valence-corrected chi connectivity index (χ0v) is 20.6. The Kier molecular flexibility index (Phi) is 6.35. The van der Waals surface area contributed by atoms with E-state index >= 15 is 0 Å². The van der Waals surface area contributed by atoms with Gasteiger partial charge in [0.1, 0.15) is 12.4 Å². The minimum absolute atomic E-state index is 0.00927. The van der Waals surface area contributed by atoms with Gasteiger partial charge in [-0.05, 0) is 83.2 Å². The molecule has 0 radical (unpaired) electrons. The van der Waals surface area contributed by atoms with Crippen molar-refractivity contribution >= 4 is 11.9 Å². The van der Waals surface area contributed by atoms with Gasteiger partial charge in [0.15, 0.2) is 0 Å². The second kappa shape index (κ2) is 9.09. The number of esters is 2. The van der Waals surface area contributed by atoms with E-state index < -0.39 is 5.97 Å². The molecule has 0 N–H and O–H groups in total. The average molecular weight is 457 g/mol. The largest absolute Gasteiger partial charge is 0.457 e. The Morgan fingerprint density at radius 1 is 0.794 bits per heavy atom. The zero-order valence-electron chi connectivity index (χ0n) is 20.6. The molecule has 4 rings (SSSR count). The number of carbonyl (C=O) groups is 2. The van der Waals surface area contributed by atoms with Crippen LogP contribution >= 0.6 is 0 Å². The summed E-state index contributed by atoms with van der Waals surface area (Å²) in [6.45, 7) is 11.2. The van der Waals surface area contributed by atoms with Crippen LogP contribution in [-0.2, 0) is 22.2 Å². The van der Waals surface area contributed by atoms with Crippen LogP contribution in [0.2, 0.25) is 0 Å². The summed E-state index contributed by atoms with van der Waals surface area (Å²) in [5.41, 5.74) is 5.46. The van der Waals surface area contributed by atoms with Gasteiger partial charge in [-0.15, -0.1) is 0 Å². The van der Waals surface area contributed by atoms with Crippen molar-refractivity contribution in [2.24, 2.45) is 0 Å². The molecule has 0 atom stereocenters. The lowest BCUT2D eigenvalue weighted by Gasteiger charge is -2.42. The predicted octanol–water partition coefficient (Wildman–Crippen LogP) is 6.92. The number of fused-ring (bicyclic) bond motifs is 1. The molecular weight excluding hydrogens is 424 g/mol. The molecule has 4 heteroatoms. The molecule has 0 fully saturated rings. The van der Waals surface area contributed by atoms with Crippen LogP contribution in [0.5, 0.6) is 5.75 Å². The summed E-state index contributed by atoms with van der Waals surface area (Å²) in [7, 11) is 0. The molecule has 0 bridgehead atoms. The van der Waals surface area contributed by atoms with E-state index in [9.17, 15) is 9.59 Å². The molecule has 0 saturated carbocycles. The Labute approximate surface area is 201 Å². The summed E-state index contributed by atoms with van der Waals surface area (Å²) in [4.78, 5) is 25.4. The second-order valence-electron chi connectivity index (χ2n) is 10.5. The van der Waals surface area contributed by atoms with E-state index in [-0.39, 0.29) is 23.4 Å². The average Bonchev–Trinajstić information content (AvgIpc) is 2.81. The van der Waals surface area contributed by atoms with Crippen LogP contribution < -0.4 is 4.74 Å². The van der Waals surface area contributed by atoms with Crippen molar-refractivity contribution in [1.82, 2.24) is 0 Å². The maximum Gasteiger partial charge on any atom is 0.343 e. The molecule has 0 aromatic heterocycles. The molecule has 0 saturated heterocycles. The van der Waals surface area contributed by atoms with Crippen LogP contribution in [0.1, 0.15) is 83.5 Å². The predicted molar refractivity (Wildman–Crippen MR) is 133 cm³/mol. The van der Waals surface area contributed by atoms with Gasteiger partial charge in [-0.25, -0.2) is 9.59 Å². The van der Waals surface area contributed by atoms with Crippen molar-refractivity contribution in [2.45, 2.75) is 64.9 Å². The van der Waals surface area contributed by atoms with Crippen LogP contribution in [0.25, 0.3) is 0 Å². The van der Waals surface area contributed by atoms with Crippen LogP contribution in [0.4, 0.5) is 0 Å². The highest BCUT2D eigenvalue weighted by Gasteiger charge is 2.38. The van der Waals surface area contributed by atoms with E-state index in [1.807, 2.05) is 43.3 Å². The van der Waals surface area contributed by atoms with E-state index in [4.69, 9.17) is 9.47 Å². The molecule has 176 valence electrons. The number of ether oxygens (including phenoxy) is 2. The molecule has 1 aliphatic carbocycles. The molecule has 3 aromatic carbocycles. The summed E-state index contributed by atoms with van der Waals surface area (Å²) in [5, 5.41) is 0. The fourth-order valence-electron chi connectivity index (χ4n) is 4.57. The Balaban J connectivity index is 1.47. The highest BCUT2D eigenvalue weighted by Crippen LogP contribution is 2.46. The van der Waals surface area contributed by atoms with Crippen molar-refractivity contribution < 1.29 is 19.1 Å². The SMILES string of the molecule is Cc1cc2c(cc1C(=O)Oc1ccc(C(=O)OCc3ccccc3)cc1)C(C)(C)CCC2(C)C.